The van der Waals surface area contributed by atoms with Crippen LogP contribution >= 0.6 is 0 Å². The summed E-state index contributed by atoms with van der Waals surface area (Å²) in [6.45, 7) is 3.97. The highest BCUT2D eigenvalue weighted by Crippen LogP contribution is 2.42. The van der Waals surface area contributed by atoms with E-state index < -0.39 is 29.4 Å². The summed E-state index contributed by atoms with van der Waals surface area (Å²) in [4.78, 5) is 46.2. The van der Waals surface area contributed by atoms with Crippen molar-refractivity contribution < 1.29 is 23.2 Å². The number of anilines is 1. The first-order valence-electron chi connectivity index (χ1n) is 19.0. The molecule has 9 rings (SSSR count). The van der Waals surface area contributed by atoms with Gasteiger partial charge >= 0.3 is 0 Å². The number of aromatic nitrogens is 5. The Morgan fingerprint density at radius 1 is 0.891 bits per heavy atom. The molecule has 0 unspecified atom stereocenters. The Morgan fingerprint density at radius 3 is 2.31 bits per heavy atom. The summed E-state index contributed by atoms with van der Waals surface area (Å²) in [5, 5.41) is 24.2. The zero-order valence-corrected chi connectivity index (χ0v) is 30.1. The minimum Gasteiger partial charge on any atom is -0.322 e. The van der Waals surface area contributed by atoms with Crippen LogP contribution in [0.2, 0.25) is 0 Å². The van der Waals surface area contributed by atoms with Crippen LogP contribution in [0.4, 0.5) is 14.5 Å². The van der Waals surface area contributed by atoms with Gasteiger partial charge in [0.2, 0.25) is 11.8 Å². The molecule has 282 valence electrons. The third-order valence-corrected chi connectivity index (χ3v) is 12.2. The average molecular weight is 747 g/mol. The maximum Gasteiger partial charge on any atom is 0.261 e. The van der Waals surface area contributed by atoms with Gasteiger partial charge in [-0.15, -0.1) is 0 Å². The molecule has 2 saturated heterocycles. The molecular weight excluding hydrogens is 707 g/mol. The zero-order valence-electron chi connectivity index (χ0n) is 30.1. The molecule has 0 bridgehead atoms. The minimum atomic E-state index is -0.980. The minimum absolute atomic E-state index is 0.0740. The number of hydrogen-bond donors (Lipinski definition) is 2. The van der Waals surface area contributed by atoms with Crippen molar-refractivity contribution >= 4 is 40.0 Å². The van der Waals surface area contributed by atoms with Crippen molar-refractivity contribution in [3.05, 3.63) is 89.0 Å². The molecule has 4 aliphatic rings. The summed E-state index contributed by atoms with van der Waals surface area (Å²) < 4.78 is 33.8. The normalized spacial score (nSPS) is 25.1. The monoisotopic (exact) mass is 746 g/mol. The number of piperazine rings is 1. The van der Waals surface area contributed by atoms with Crippen LogP contribution in [0.1, 0.15) is 96.3 Å². The van der Waals surface area contributed by atoms with Crippen molar-refractivity contribution in [1.29, 1.82) is 5.26 Å². The van der Waals surface area contributed by atoms with Gasteiger partial charge in [-0.2, -0.15) is 15.5 Å². The molecule has 15 heteroatoms. The predicted octanol–water partition coefficient (Wildman–Crippen LogP) is 5.05. The number of hydrogen-bond acceptors (Lipinski definition) is 9. The number of nitriles is 1. The summed E-state index contributed by atoms with van der Waals surface area (Å²) in [7, 11) is 0. The van der Waals surface area contributed by atoms with Gasteiger partial charge in [0.05, 0.1) is 35.4 Å². The van der Waals surface area contributed by atoms with E-state index >= 15 is 8.78 Å². The molecular formula is C40H40F2N10O3. The number of fused-ring (bicyclic) bond motifs is 2. The molecule has 0 radical (unpaired) electrons. The number of nitrogens with one attached hydrogen (secondary N) is 2. The van der Waals surface area contributed by atoms with Gasteiger partial charge in [-0.1, -0.05) is 0 Å². The number of piperidine rings is 1. The Kier molecular flexibility index (Phi) is 9.10. The highest BCUT2D eigenvalue weighted by molar-refractivity contribution is 6.08. The largest absolute Gasteiger partial charge is 0.322 e. The number of rotatable bonds is 7. The van der Waals surface area contributed by atoms with E-state index in [2.05, 4.69) is 41.4 Å². The smallest absolute Gasteiger partial charge is 0.261 e. The van der Waals surface area contributed by atoms with Crippen LogP contribution in [0.5, 0.6) is 0 Å². The lowest BCUT2D eigenvalue weighted by molar-refractivity contribution is -0.134. The summed E-state index contributed by atoms with van der Waals surface area (Å²) >= 11 is 0. The van der Waals surface area contributed by atoms with Crippen molar-refractivity contribution in [2.45, 2.75) is 81.3 Å². The lowest BCUT2D eigenvalue weighted by Crippen LogP contribution is -2.56. The number of halogens is 2. The Labute approximate surface area is 315 Å². The van der Waals surface area contributed by atoms with Gasteiger partial charge in [0.15, 0.2) is 5.65 Å². The van der Waals surface area contributed by atoms with Gasteiger partial charge in [0, 0.05) is 73.7 Å². The molecule has 2 aliphatic heterocycles. The molecule has 4 fully saturated rings. The Balaban J connectivity index is 0.747. The molecule has 13 nitrogen and oxygen atoms in total. The second kappa shape index (κ2) is 14.2. The maximum absolute atomic E-state index is 15.1. The summed E-state index contributed by atoms with van der Waals surface area (Å²) in [5.74, 6) is -3.68. The van der Waals surface area contributed by atoms with Crippen molar-refractivity contribution in [1.82, 2.24) is 39.5 Å². The van der Waals surface area contributed by atoms with Crippen molar-refractivity contribution in [2.24, 2.45) is 0 Å². The quantitative estimate of drug-likeness (QED) is 0.218. The van der Waals surface area contributed by atoms with Crippen LogP contribution in [0.15, 0.2) is 55.1 Å². The highest BCUT2D eigenvalue weighted by atomic mass is 19.1. The molecule has 5 heterocycles. The summed E-state index contributed by atoms with van der Waals surface area (Å²) in [5.41, 5.74) is 2.98. The van der Waals surface area contributed by atoms with E-state index in [9.17, 15) is 14.4 Å². The fraction of sp³-hybridized carbons (Fsp3) is 0.425. The van der Waals surface area contributed by atoms with Crippen molar-refractivity contribution in [3.63, 3.8) is 0 Å². The zero-order chi connectivity index (χ0) is 37.8. The SMILES string of the molecule is N#Cc1cnc2c(C(=O)Nc3ccc4nn(C5CCC(N6CCN(C7CC(c8cc(F)c([C@H]9CCC(=O)NC9=O)c(F)c8)C7)CC6)CC5)cc4c3)cnn2c1. The fourth-order valence-corrected chi connectivity index (χ4v) is 9.06. The fourth-order valence-electron chi connectivity index (χ4n) is 9.06. The maximum atomic E-state index is 15.1. The van der Waals surface area contributed by atoms with Gasteiger partial charge < -0.3 is 5.32 Å². The van der Waals surface area contributed by atoms with E-state index in [1.165, 1.54) is 35.2 Å². The molecule has 2 aromatic carbocycles. The molecule has 3 amide bonds. The van der Waals surface area contributed by atoms with Crippen LogP contribution < -0.4 is 10.6 Å². The first kappa shape index (κ1) is 35.1. The number of nitrogens with zero attached hydrogens (tertiary/aromatic N) is 8. The summed E-state index contributed by atoms with van der Waals surface area (Å²) in [6.07, 6.45) is 12.6. The van der Waals surface area contributed by atoms with E-state index in [4.69, 9.17) is 10.4 Å². The molecule has 5 aromatic rings. The third kappa shape index (κ3) is 6.74. The van der Waals surface area contributed by atoms with E-state index in [1.54, 1.807) is 0 Å². The van der Waals surface area contributed by atoms with Crippen LogP contribution in [-0.4, -0.2) is 90.2 Å². The second-order valence-electron chi connectivity index (χ2n) is 15.4. The van der Waals surface area contributed by atoms with Gasteiger partial charge in [-0.25, -0.2) is 18.3 Å². The van der Waals surface area contributed by atoms with Crippen molar-refractivity contribution in [2.75, 3.05) is 31.5 Å². The number of benzene rings is 2. The molecule has 1 atom stereocenters. The van der Waals surface area contributed by atoms with Crippen LogP contribution in [0, 0.1) is 23.0 Å². The molecule has 2 saturated carbocycles. The first-order valence-corrected chi connectivity index (χ1v) is 19.0. The van der Waals surface area contributed by atoms with Crippen molar-refractivity contribution in [3.8, 4) is 6.07 Å². The van der Waals surface area contributed by atoms with Crippen LogP contribution in [0.25, 0.3) is 16.6 Å². The lowest BCUT2D eigenvalue weighted by atomic mass is 9.74. The van der Waals surface area contributed by atoms with Gasteiger partial charge in [0.25, 0.3) is 5.91 Å². The van der Waals surface area contributed by atoms with E-state index in [1.807, 2.05) is 24.3 Å². The molecule has 0 spiro atoms. The molecule has 55 heavy (non-hydrogen) atoms. The Hall–Kier alpha value is -5.59. The topological polar surface area (TPSA) is 154 Å². The number of carbonyl (C=O) groups excluding carboxylic acids is 3. The molecule has 3 aromatic heterocycles. The summed E-state index contributed by atoms with van der Waals surface area (Å²) in [6, 6.07) is 11.7. The van der Waals surface area contributed by atoms with E-state index in [0.717, 1.165) is 75.6 Å². The number of imide groups is 1. The standard InChI is InChI=1S/C40H40F2N10O3/c41-33-16-25(17-34(42)37(33)31-6-8-36(53)47-39(31)54)24-14-30(15-24)50-11-9-49(10-12-50)28-2-4-29(5-3-28)51-22-26-13-27(1-7-35(26)48-51)46-40(55)32-20-45-52-21-23(18-43)19-44-38(32)52/h1,7,13,16-17,19-22,24,28-31H,2-6,8-12,14-15H2,(H,46,55)(H,47,53,54)/t24?,28?,29?,30?,31-/m1/s1. The number of amides is 3. The van der Waals surface area contributed by atoms with Crippen LogP contribution in [-0.2, 0) is 9.59 Å². The van der Waals surface area contributed by atoms with E-state index in [0.29, 0.717) is 46.2 Å². The van der Waals surface area contributed by atoms with Gasteiger partial charge in [0.1, 0.15) is 23.3 Å². The second-order valence-corrected chi connectivity index (χ2v) is 15.4. The predicted molar refractivity (Wildman–Crippen MR) is 197 cm³/mol. The average Bonchev–Trinajstić information content (AvgIpc) is 3.79. The van der Waals surface area contributed by atoms with Gasteiger partial charge in [-0.05, 0) is 86.8 Å². The van der Waals surface area contributed by atoms with Gasteiger partial charge in [-0.3, -0.25) is 34.2 Å². The Bertz CT molecular complexity index is 2340. The molecule has 2 aliphatic carbocycles. The molecule has 2 N–H and O–H groups in total. The first-order chi connectivity index (χ1) is 26.7. The number of carbonyl (C=O) groups is 3. The van der Waals surface area contributed by atoms with E-state index in [-0.39, 0.29) is 30.2 Å². The lowest BCUT2D eigenvalue weighted by Gasteiger charge is -2.48. The van der Waals surface area contributed by atoms with Crippen LogP contribution in [0.3, 0.4) is 0 Å². The Morgan fingerprint density at radius 2 is 1.60 bits per heavy atom. The third-order valence-electron chi connectivity index (χ3n) is 12.2. The highest BCUT2D eigenvalue weighted by Gasteiger charge is 2.39.